The van der Waals surface area contributed by atoms with Crippen LogP contribution in [0.15, 0.2) is 12.1 Å². The van der Waals surface area contributed by atoms with Gasteiger partial charge in [0.25, 0.3) is 0 Å². The third-order valence-electron chi connectivity index (χ3n) is 2.39. The number of aliphatic hydroxyl groups is 1. The van der Waals surface area contributed by atoms with E-state index in [9.17, 15) is 4.79 Å². The number of nitrogens with zero attached hydrogens (tertiary/aromatic N) is 1. The van der Waals surface area contributed by atoms with Gasteiger partial charge in [-0.15, -0.1) is 0 Å². The molecule has 0 radical (unpaired) electrons. The van der Waals surface area contributed by atoms with Crippen molar-refractivity contribution >= 4 is 5.97 Å². The fourth-order valence-electron chi connectivity index (χ4n) is 1.16. The second-order valence-electron chi connectivity index (χ2n) is 4.53. The minimum Gasteiger partial charge on any atom is -0.490 e. The predicted octanol–water partition coefficient (Wildman–Crippen LogP) is 1.37. The minimum absolute atomic E-state index is 0.0279. The van der Waals surface area contributed by atoms with Gasteiger partial charge in [0, 0.05) is 5.69 Å². The number of pyridine rings is 1. The number of rotatable bonds is 5. The summed E-state index contributed by atoms with van der Waals surface area (Å²) >= 11 is 0. The fourth-order valence-corrected chi connectivity index (χ4v) is 1.16. The first-order valence-electron chi connectivity index (χ1n) is 5.30. The molecule has 5 nitrogen and oxygen atoms in total. The number of ether oxygens (including phenoxy) is 1. The molecule has 0 saturated carbocycles. The number of carboxylic acids is 1. The second-order valence-corrected chi connectivity index (χ2v) is 4.53. The standard InChI is InChI=1S/C12H17NO4/c1-8-4-5-10(9(6-14)13-8)17-7-12(2,3)11(15)16/h4-5,14H,6-7H2,1-3H3,(H,15,16). The highest BCUT2D eigenvalue weighted by Gasteiger charge is 2.28. The maximum absolute atomic E-state index is 10.9. The van der Waals surface area contributed by atoms with E-state index in [4.69, 9.17) is 14.9 Å². The molecule has 0 spiro atoms. The number of aromatic nitrogens is 1. The van der Waals surface area contributed by atoms with Crippen LogP contribution in [0.25, 0.3) is 0 Å². The van der Waals surface area contributed by atoms with Crippen LogP contribution in [0.4, 0.5) is 0 Å². The lowest BCUT2D eigenvalue weighted by molar-refractivity contribution is -0.148. The first kappa shape index (κ1) is 13.4. The molecule has 0 amide bonds. The predicted molar refractivity (Wildman–Crippen MR) is 61.8 cm³/mol. The molecule has 94 valence electrons. The molecule has 0 unspecified atom stereocenters. The van der Waals surface area contributed by atoms with Crippen molar-refractivity contribution in [3.8, 4) is 5.75 Å². The van der Waals surface area contributed by atoms with Gasteiger partial charge in [-0.1, -0.05) is 0 Å². The Balaban J connectivity index is 2.79. The van der Waals surface area contributed by atoms with Gasteiger partial charge >= 0.3 is 5.97 Å². The molecule has 0 saturated heterocycles. The summed E-state index contributed by atoms with van der Waals surface area (Å²) in [6.07, 6.45) is 0. The van der Waals surface area contributed by atoms with Crippen LogP contribution >= 0.6 is 0 Å². The maximum atomic E-state index is 10.9. The van der Waals surface area contributed by atoms with E-state index >= 15 is 0 Å². The Bertz CT molecular complexity index is 415. The number of aliphatic hydroxyl groups excluding tert-OH is 1. The van der Waals surface area contributed by atoms with E-state index in [1.165, 1.54) is 0 Å². The average molecular weight is 239 g/mol. The highest BCUT2D eigenvalue weighted by atomic mass is 16.5. The highest BCUT2D eigenvalue weighted by molar-refractivity contribution is 5.73. The van der Waals surface area contributed by atoms with Crippen LogP contribution < -0.4 is 4.74 Å². The van der Waals surface area contributed by atoms with E-state index in [-0.39, 0.29) is 13.2 Å². The maximum Gasteiger partial charge on any atom is 0.312 e. The molecular formula is C12H17NO4. The third-order valence-corrected chi connectivity index (χ3v) is 2.39. The van der Waals surface area contributed by atoms with Crippen molar-refractivity contribution in [3.05, 3.63) is 23.5 Å². The van der Waals surface area contributed by atoms with Gasteiger partial charge in [0.15, 0.2) is 0 Å². The third kappa shape index (κ3) is 3.42. The Hall–Kier alpha value is -1.62. The number of carboxylic acid groups (broad SMARTS) is 1. The van der Waals surface area contributed by atoms with Crippen LogP contribution in [-0.2, 0) is 11.4 Å². The summed E-state index contributed by atoms with van der Waals surface area (Å²) in [5, 5.41) is 18.1. The van der Waals surface area contributed by atoms with E-state index in [2.05, 4.69) is 4.98 Å². The summed E-state index contributed by atoms with van der Waals surface area (Å²) in [5.41, 5.74) is 0.225. The van der Waals surface area contributed by atoms with Crippen molar-refractivity contribution in [1.29, 1.82) is 0 Å². The molecule has 0 bridgehead atoms. The monoisotopic (exact) mass is 239 g/mol. The van der Waals surface area contributed by atoms with Gasteiger partial charge in [-0.2, -0.15) is 0 Å². The molecule has 17 heavy (non-hydrogen) atoms. The number of hydrogen-bond donors (Lipinski definition) is 2. The zero-order valence-electron chi connectivity index (χ0n) is 10.2. The van der Waals surface area contributed by atoms with Crippen molar-refractivity contribution in [2.45, 2.75) is 27.4 Å². The topological polar surface area (TPSA) is 79.7 Å². The summed E-state index contributed by atoms with van der Waals surface area (Å²) in [6.45, 7) is 4.76. The van der Waals surface area contributed by atoms with Gasteiger partial charge in [0.05, 0.1) is 12.0 Å². The Morgan fingerprint density at radius 1 is 1.47 bits per heavy atom. The van der Waals surface area contributed by atoms with Crippen molar-refractivity contribution < 1.29 is 19.7 Å². The van der Waals surface area contributed by atoms with E-state index in [1.54, 1.807) is 26.0 Å². The molecule has 0 fully saturated rings. The number of carbonyl (C=O) groups is 1. The summed E-state index contributed by atoms with van der Waals surface area (Å²) in [7, 11) is 0. The van der Waals surface area contributed by atoms with E-state index in [1.807, 2.05) is 6.92 Å². The normalized spacial score (nSPS) is 11.3. The summed E-state index contributed by atoms with van der Waals surface area (Å²) < 4.78 is 5.41. The van der Waals surface area contributed by atoms with Gasteiger partial charge in [0.1, 0.15) is 18.1 Å². The molecule has 1 aromatic heterocycles. The molecule has 0 aliphatic heterocycles. The lowest BCUT2D eigenvalue weighted by Crippen LogP contribution is -2.30. The quantitative estimate of drug-likeness (QED) is 0.811. The van der Waals surface area contributed by atoms with Crippen molar-refractivity contribution in [2.24, 2.45) is 5.41 Å². The molecule has 1 rings (SSSR count). The molecule has 0 atom stereocenters. The highest BCUT2D eigenvalue weighted by Crippen LogP contribution is 2.21. The second kappa shape index (κ2) is 5.14. The number of aliphatic carboxylic acids is 1. The average Bonchev–Trinajstić information content (AvgIpc) is 2.27. The number of hydrogen-bond acceptors (Lipinski definition) is 4. The van der Waals surface area contributed by atoms with Crippen molar-refractivity contribution in [1.82, 2.24) is 4.98 Å². The zero-order chi connectivity index (χ0) is 13.1. The summed E-state index contributed by atoms with van der Waals surface area (Å²) in [4.78, 5) is 15.0. The van der Waals surface area contributed by atoms with Gasteiger partial charge < -0.3 is 14.9 Å². The number of aryl methyl sites for hydroxylation is 1. The largest absolute Gasteiger partial charge is 0.490 e. The first-order valence-corrected chi connectivity index (χ1v) is 5.30. The molecule has 5 heteroatoms. The molecular weight excluding hydrogens is 222 g/mol. The van der Waals surface area contributed by atoms with E-state index in [0.29, 0.717) is 11.4 Å². The molecule has 0 aliphatic carbocycles. The van der Waals surface area contributed by atoms with E-state index in [0.717, 1.165) is 5.69 Å². The summed E-state index contributed by atoms with van der Waals surface area (Å²) in [5.74, 6) is -0.504. The van der Waals surface area contributed by atoms with Crippen LogP contribution in [0.2, 0.25) is 0 Å². The van der Waals surface area contributed by atoms with Gasteiger partial charge in [0.2, 0.25) is 0 Å². The smallest absolute Gasteiger partial charge is 0.312 e. The molecule has 0 aliphatic rings. The van der Waals surface area contributed by atoms with Crippen molar-refractivity contribution in [3.63, 3.8) is 0 Å². The SMILES string of the molecule is Cc1ccc(OCC(C)(C)C(=O)O)c(CO)n1. The van der Waals surface area contributed by atoms with Crippen LogP contribution in [0, 0.1) is 12.3 Å². The zero-order valence-corrected chi connectivity index (χ0v) is 10.2. The van der Waals surface area contributed by atoms with E-state index < -0.39 is 11.4 Å². The van der Waals surface area contributed by atoms with Crippen LogP contribution in [0.1, 0.15) is 25.2 Å². The van der Waals surface area contributed by atoms with Crippen molar-refractivity contribution in [2.75, 3.05) is 6.61 Å². The Morgan fingerprint density at radius 2 is 2.12 bits per heavy atom. The fraction of sp³-hybridized carbons (Fsp3) is 0.500. The first-order chi connectivity index (χ1) is 7.86. The van der Waals surface area contributed by atoms with Crippen LogP contribution in [0.3, 0.4) is 0 Å². The molecule has 0 aromatic carbocycles. The van der Waals surface area contributed by atoms with Crippen LogP contribution in [-0.4, -0.2) is 27.8 Å². The molecule has 1 aromatic rings. The Morgan fingerprint density at radius 3 is 2.65 bits per heavy atom. The Kier molecular flexibility index (Phi) is 4.07. The van der Waals surface area contributed by atoms with Gasteiger partial charge in [-0.3, -0.25) is 9.78 Å². The minimum atomic E-state index is -0.975. The Labute approximate surface area is 100 Å². The van der Waals surface area contributed by atoms with Gasteiger partial charge in [-0.25, -0.2) is 0 Å². The van der Waals surface area contributed by atoms with Gasteiger partial charge in [-0.05, 0) is 32.9 Å². The lowest BCUT2D eigenvalue weighted by atomic mass is 9.95. The summed E-state index contributed by atoms with van der Waals surface area (Å²) in [6, 6.07) is 3.44. The van der Waals surface area contributed by atoms with Crippen LogP contribution in [0.5, 0.6) is 5.75 Å². The molecule has 2 N–H and O–H groups in total. The lowest BCUT2D eigenvalue weighted by Gasteiger charge is -2.20. The molecule has 1 heterocycles.